The first kappa shape index (κ1) is 14.1. The topological polar surface area (TPSA) is 79.7 Å². The molecular weight excluding hydrogens is 236 g/mol. The molecule has 0 aromatic carbocycles. The van der Waals surface area contributed by atoms with Crippen molar-refractivity contribution in [3.8, 4) is 0 Å². The minimum atomic E-state index is -1.17. The number of aromatic nitrogens is 1. The van der Waals surface area contributed by atoms with Gasteiger partial charge in [0.25, 0.3) is 5.91 Å². The molecule has 0 spiro atoms. The summed E-state index contributed by atoms with van der Waals surface area (Å²) < 4.78 is 4.97. The summed E-state index contributed by atoms with van der Waals surface area (Å²) in [5.74, 6) is -1.53. The van der Waals surface area contributed by atoms with Gasteiger partial charge in [-0.2, -0.15) is 0 Å². The van der Waals surface area contributed by atoms with Gasteiger partial charge in [-0.1, -0.05) is 0 Å². The largest absolute Gasteiger partial charge is 0.478 e. The van der Waals surface area contributed by atoms with Crippen LogP contribution in [-0.2, 0) is 4.74 Å². The zero-order valence-electron chi connectivity index (χ0n) is 10.6. The highest BCUT2D eigenvalue weighted by atomic mass is 16.5. The fourth-order valence-electron chi connectivity index (χ4n) is 1.49. The Labute approximate surface area is 105 Å². The smallest absolute Gasteiger partial charge is 0.338 e. The third-order valence-electron chi connectivity index (χ3n) is 2.67. The van der Waals surface area contributed by atoms with Crippen molar-refractivity contribution in [2.24, 2.45) is 0 Å². The first-order valence-electron chi connectivity index (χ1n) is 5.42. The molecule has 0 bridgehead atoms. The van der Waals surface area contributed by atoms with Gasteiger partial charge in [0, 0.05) is 26.6 Å². The molecule has 6 heteroatoms. The van der Waals surface area contributed by atoms with Crippen molar-refractivity contribution < 1.29 is 19.4 Å². The third kappa shape index (κ3) is 3.04. The fraction of sp³-hybridized carbons (Fsp3) is 0.417. The summed E-state index contributed by atoms with van der Waals surface area (Å²) in [6.45, 7) is 2.21. The van der Waals surface area contributed by atoms with E-state index < -0.39 is 5.97 Å². The number of hydrogen-bond acceptors (Lipinski definition) is 4. The summed E-state index contributed by atoms with van der Waals surface area (Å²) in [4.78, 5) is 28.3. The molecule has 1 amide bonds. The van der Waals surface area contributed by atoms with Gasteiger partial charge in [-0.25, -0.2) is 4.79 Å². The van der Waals surface area contributed by atoms with E-state index in [0.717, 1.165) is 0 Å². The molecule has 1 unspecified atom stereocenters. The van der Waals surface area contributed by atoms with Gasteiger partial charge >= 0.3 is 5.97 Å². The summed E-state index contributed by atoms with van der Waals surface area (Å²) in [6.07, 6.45) is 2.57. The van der Waals surface area contributed by atoms with Crippen LogP contribution in [0.1, 0.15) is 27.6 Å². The number of carbonyl (C=O) groups is 2. The van der Waals surface area contributed by atoms with Crippen LogP contribution in [0.2, 0.25) is 0 Å². The van der Waals surface area contributed by atoms with E-state index in [4.69, 9.17) is 9.84 Å². The van der Waals surface area contributed by atoms with E-state index in [1.54, 1.807) is 14.2 Å². The monoisotopic (exact) mass is 252 g/mol. The number of carbonyl (C=O) groups excluding carboxylic acids is 1. The van der Waals surface area contributed by atoms with E-state index >= 15 is 0 Å². The predicted octanol–water partition coefficient (Wildman–Crippen LogP) is 0.887. The number of ether oxygens (including phenoxy) is 1. The van der Waals surface area contributed by atoms with Gasteiger partial charge in [-0.15, -0.1) is 0 Å². The SMILES string of the molecule is COCC(C)N(C)C(=O)c1ccncc1C(=O)O. The van der Waals surface area contributed by atoms with Crippen molar-refractivity contribution >= 4 is 11.9 Å². The standard InChI is InChI=1S/C12H16N2O4/c1-8(7-18-3)14(2)11(15)9-4-5-13-6-10(9)12(16)17/h4-6,8H,7H2,1-3H3,(H,16,17). The van der Waals surface area contributed by atoms with Crippen LogP contribution in [0.15, 0.2) is 18.5 Å². The lowest BCUT2D eigenvalue weighted by Crippen LogP contribution is -2.38. The molecule has 6 nitrogen and oxygen atoms in total. The summed E-state index contributed by atoms with van der Waals surface area (Å²) in [5, 5.41) is 9.00. The number of aromatic carboxylic acids is 1. The maximum atomic E-state index is 12.2. The van der Waals surface area contributed by atoms with Crippen molar-refractivity contribution in [3.05, 3.63) is 29.6 Å². The first-order chi connectivity index (χ1) is 8.49. The van der Waals surface area contributed by atoms with Crippen molar-refractivity contribution in [3.63, 3.8) is 0 Å². The normalized spacial score (nSPS) is 11.9. The molecule has 1 aromatic heterocycles. The van der Waals surface area contributed by atoms with Gasteiger partial charge in [-0.3, -0.25) is 9.78 Å². The zero-order chi connectivity index (χ0) is 13.7. The molecule has 0 saturated heterocycles. The Hall–Kier alpha value is -1.95. The summed E-state index contributed by atoms with van der Waals surface area (Å²) in [7, 11) is 3.15. The summed E-state index contributed by atoms with van der Waals surface area (Å²) >= 11 is 0. The van der Waals surface area contributed by atoms with E-state index in [0.29, 0.717) is 6.61 Å². The van der Waals surface area contributed by atoms with Crippen molar-refractivity contribution in [2.75, 3.05) is 20.8 Å². The molecule has 1 rings (SSSR count). The molecule has 0 aliphatic carbocycles. The number of nitrogens with zero attached hydrogens (tertiary/aromatic N) is 2. The summed E-state index contributed by atoms with van der Waals surface area (Å²) in [6, 6.07) is 1.26. The second-order valence-electron chi connectivity index (χ2n) is 3.95. The Bertz CT molecular complexity index is 447. The Morgan fingerprint density at radius 1 is 1.50 bits per heavy atom. The molecule has 1 atom stereocenters. The molecule has 0 aliphatic rings. The van der Waals surface area contributed by atoms with Gasteiger partial charge in [0.1, 0.15) is 0 Å². The van der Waals surface area contributed by atoms with Crippen LogP contribution in [0.4, 0.5) is 0 Å². The van der Waals surface area contributed by atoms with Gasteiger partial charge in [0.2, 0.25) is 0 Å². The minimum Gasteiger partial charge on any atom is -0.478 e. The molecule has 1 aromatic rings. The van der Waals surface area contributed by atoms with Crippen molar-refractivity contribution in [2.45, 2.75) is 13.0 Å². The number of amides is 1. The molecule has 0 radical (unpaired) electrons. The molecule has 0 aliphatic heterocycles. The van der Waals surface area contributed by atoms with Crippen LogP contribution in [-0.4, -0.2) is 53.7 Å². The highest BCUT2D eigenvalue weighted by molar-refractivity contribution is 6.04. The lowest BCUT2D eigenvalue weighted by Gasteiger charge is -2.24. The van der Waals surface area contributed by atoms with Gasteiger partial charge in [0.05, 0.1) is 23.8 Å². The highest BCUT2D eigenvalue weighted by Crippen LogP contribution is 2.11. The first-order valence-corrected chi connectivity index (χ1v) is 5.42. The molecule has 18 heavy (non-hydrogen) atoms. The Balaban J connectivity index is 3.00. The molecule has 0 fully saturated rings. The van der Waals surface area contributed by atoms with Crippen LogP contribution in [0.25, 0.3) is 0 Å². The lowest BCUT2D eigenvalue weighted by molar-refractivity contribution is 0.0613. The Kier molecular flexibility index (Phi) is 4.79. The Morgan fingerprint density at radius 2 is 2.17 bits per heavy atom. The van der Waals surface area contributed by atoms with Gasteiger partial charge < -0.3 is 14.7 Å². The Morgan fingerprint density at radius 3 is 2.72 bits per heavy atom. The van der Waals surface area contributed by atoms with E-state index in [9.17, 15) is 9.59 Å². The van der Waals surface area contributed by atoms with Gasteiger partial charge in [0.15, 0.2) is 0 Å². The number of rotatable bonds is 5. The molecule has 1 N–H and O–H groups in total. The lowest BCUT2D eigenvalue weighted by atomic mass is 10.1. The van der Waals surface area contributed by atoms with Crippen molar-refractivity contribution in [1.29, 1.82) is 0 Å². The fourth-order valence-corrected chi connectivity index (χ4v) is 1.49. The number of carboxylic acids is 1. The molecule has 98 valence electrons. The molecule has 1 heterocycles. The van der Waals surface area contributed by atoms with Crippen LogP contribution in [0.5, 0.6) is 0 Å². The summed E-state index contributed by atoms with van der Waals surface area (Å²) in [5.41, 5.74) is 0.0296. The van der Waals surface area contributed by atoms with Crippen LogP contribution in [0, 0.1) is 0 Å². The number of pyridine rings is 1. The van der Waals surface area contributed by atoms with E-state index in [-0.39, 0.29) is 23.1 Å². The predicted molar refractivity (Wildman–Crippen MR) is 64.6 cm³/mol. The van der Waals surface area contributed by atoms with E-state index in [2.05, 4.69) is 4.98 Å². The second-order valence-corrected chi connectivity index (χ2v) is 3.95. The maximum Gasteiger partial charge on any atom is 0.338 e. The van der Waals surface area contributed by atoms with Crippen LogP contribution < -0.4 is 0 Å². The number of hydrogen-bond donors (Lipinski definition) is 1. The maximum absolute atomic E-state index is 12.2. The quantitative estimate of drug-likeness (QED) is 0.841. The van der Waals surface area contributed by atoms with Crippen LogP contribution in [0.3, 0.4) is 0 Å². The van der Waals surface area contributed by atoms with Gasteiger partial charge in [-0.05, 0) is 13.0 Å². The third-order valence-corrected chi connectivity index (χ3v) is 2.67. The average Bonchev–Trinajstić information content (AvgIpc) is 2.37. The number of carboxylic acid groups (broad SMARTS) is 1. The number of likely N-dealkylation sites (N-methyl/N-ethyl adjacent to an activating group) is 1. The zero-order valence-corrected chi connectivity index (χ0v) is 10.6. The van der Waals surface area contributed by atoms with E-state index in [1.165, 1.54) is 23.4 Å². The van der Waals surface area contributed by atoms with Crippen LogP contribution >= 0.6 is 0 Å². The van der Waals surface area contributed by atoms with E-state index in [1.807, 2.05) is 6.92 Å². The minimum absolute atomic E-state index is 0.0982. The van der Waals surface area contributed by atoms with Crippen molar-refractivity contribution in [1.82, 2.24) is 9.88 Å². The second kappa shape index (κ2) is 6.11. The molecular formula is C12H16N2O4. The number of methoxy groups -OCH3 is 1. The highest BCUT2D eigenvalue weighted by Gasteiger charge is 2.22. The molecule has 0 saturated carbocycles. The average molecular weight is 252 g/mol.